The van der Waals surface area contributed by atoms with Crippen LogP contribution in [0.5, 0.6) is 0 Å². The molecule has 4 rings (SSSR count). The molecule has 6 nitrogen and oxygen atoms in total. The van der Waals surface area contributed by atoms with Crippen molar-refractivity contribution in [3.8, 4) is 11.4 Å². The van der Waals surface area contributed by atoms with Gasteiger partial charge < -0.3 is 10.2 Å². The number of amides is 1. The smallest absolute Gasteiger partial charge is 0.256 e. The number of carbonyl (C=O) groups excluding carboxylic acids is 1. The van der Waals surface area contributed by atoms with Crippen molar-refractivity contribution in [3.63, 3.8) is 0 Å². The van der Waals surface area contributed by atoms with E-state index in [1.165, 1.54) is 19.3 Å². The molecule has 0 radical (unpaired) electrons. The summed E-state index contributed by atoms with van der Waals surface area (Å²) in [5.41, 5.74) is 1.91. The monoisotopic (exact) mass is 351 g/mol. The Bertz CT molecular complexity index is 741. The second-order valence-corrected chi connectivity index (χ2v) is 7.43. The summed E-state index contributed by atoms with van der Waals surface area (Å²) in [7, 11) is 0. The third-order valence-electron chi connectivity index (χ3n) is 5.84. The lowest BCUT2D eigenvalue weighted by Gasteiger charge is -2.37. The van der Waals surface area contributed by atoms with E-state index < -0.39 is 0 Å². The van der Waals surface area contributed by atoms with Crippen LogP contribution in [-0.4, -0.2) is 51.9 Å². The quantitative estimate of drug-likeness (QED) is 0.900. The zero-order chi connectivity index (χ0) is 17.8. The predicted octanol–water partition coefficient (Wildman–Crippen LogP) is 2.53. The van der Waals surface area contributed by atoms with E-state index in [-0.39, 0.29) is 5.91 Å². The van der Waals surface area contributed by atoms with Crippen LogP contribution in [0.25, 0.3) is 11.4 Å². The van der Waals surface area contributed by atoms with E-state index in [0.717, 1.165) is 44.6 Å². The molecule has 2 aromatic heterocycles. The SMILES string of the molecule is O=C(c1cnc(-c2ccncc2)nc1)N1CCCC2(CCNCC2)CC1. The van der Waals surface area contributed by atoms with E-state index in [4.69, 9.17) is 0 Å². The molecule has 6 heteroatoms. The van der Waals surface area contributed by atoms with Crippen LogP contribution in [0.3, 0.4) is 0 Å². The van der Waals surface area contributed by atoms with Gasteiger partial charge in [0.05, 0.1) is 5.56 Å². The number of likely N-dealkylation sites (tertiary alicyclic amines) is 1. The fourth-order valence-electron chi connectivity index (χ4n) is 4.19. The lowest BCUT2D eigenvalue weighted by atomic mass is 9.73. The molecule has 0 atom stereocenters. The highest BCUT2D eigenvalue weighted by Crippen LogP contribution is 2.39. The minimum atomic E-state index is 0.0530. The summed E-state index contributed by atoms with van der Waals surface area (Å²) in [6.45, 7) is 3.89. The molecule has 0 aliphatic carbocycles. The lowest BCUT2D eigenvalue weighted by Crippen LogP contribution is -2.38. The zero-order valence-electron chi connectivity index (χ0n) is 15.0. The summed E-state index contributed by atoms with van der Waals surface area (Å²) in [4.78, 5) is 27.6. The van der Waals surface area contributed by atoms with E-state index >= 15 is 0 Å². The summed E-state index contributed by atoms with van der Waals surface area (Å²) in [6.07, 6.45) is 12.6. The Kier molecular flexibility index (Phi) is 4.93. The molecule has 2 aliphatic rings. The van der Waals surface area contributed by atoms with Crippen molar-refractivity contribution >= 4 is 5.91 Å². The first-order valence-electron chi connectivity index (χ1n) is 9.48. The van der Waals surface area contributed by atoms with Crippen LogP contribution in [0.15, 0.2) is 36.9 Å². The van der Waals surface area contributed by atoms with Gasteiger partial charge in [-0.3, -0.25) is 9.78 Å². The molecule has 4 heterocycles. The van der Waals surface area contributed by atoms with Gasteiger partial charge in [-0.25, -0.2) is 9.97 Å². The number of aromatic nitrogens is 3. The van der Waals surface area contributed by atoms with Gasteiger partial charge in [-0.05, 0) is 62.7 Å². The van der Waals surface area contributed by atoms with Gasteiger partial charge in [-0.15, -0.1) is 0 Å². The highest BCUT2D eigenvalue weighted by molar-refractivity contribution is 5.93. The first-order valence-corrected chi connectivity index (χ1v) is 9.48. The zero-order valence-corrected chi connectivity index (χ0v) is 15.0. The van der Waals surface area contributed by atoms with E-state index in [2.05, 4.69) is 20.3 Å². The minimum absolute atomic E-state index is 0.0530. The van der Waals surface area contributed by atoms with E-state index in [9.17, 15) is 4.79 Å². The number of nitrogens with zero attached hydrogens (tertiary/aromatic N) is 4. The molecular weight excluding hydrogens is 326 g/mol. The molecule has 0 saturated carbocycles. The van der Waals surface area contributed by atoms with Crippen LogP contribution in [0.4, 0.5) is 0 Å². The van der Waals surface area contributed by atoms with Crippen LogP contribution < -0.4 is 5.32 Å². The number of rotatable bonds is 2. The minimum Gasteiger partial charge on any atom is -0.339 e. The maximum absolute atomic E-state index is 12.9. The van der Waals surface area contributed by atoms with Gasteiger partial charge in [-0.1, -0.05) is 0 Å². The molecule has 0 aromatic carbocycles. The Hall–Kier alpha value is -2.34. The lowest BCUT2D eigenvalue weighted by molar-refractivity contribution is 0.0749. The van der Waals surface area contributed by atoms with Gasteiger partial charge in [0.2, 0.25) is 0 Å². The number of piperidine rings is 1. The van der Waals surface area contributed by atoms with Gasteiger partial charge in [0.15, 0.2) is 5.82 Å². The van der Waals surface area contributed by atoms with Crippen molar-refractivity contribution in [1.82, 2.24) is 25.2 Å². The maximum atomic E-state index is 12.9. The molecule has 1 N–H and O–H groups in total. The van der Waals surface area contributed by atoms with Crippen molar-refractivity contribution in [3.05, 3.63) is 42.5 Å². The molecule has 1 spiro atoms. The van der Waals surface area contributed by atoms with Crippen molar-refractivity contribution in [1.29, 1.82) is 0 Å². The molecule has 1 amide bonds. The van der Waals surface area contributed by atoms with E-state index in [0.29, 0.717) is 16.8 Å². The van der Waals surface area contributed by atoms with Crippen LogP contribution in [0.1, 0.15) is 42.5 Å². The number of hydrogen-bond donors (Lipinski definition) is 1. The standard InChI is InChI=1S/C20H25N5O/c26-19(17-14-23-18(24-15-17)16-2-8-21-9-3-16)25-12-1-4-20(7-13-25)5-10-22-11-6-20/h2-3,8-9,14-15,22H,1,4-7,10-13H2. The molecule has 2 aromatic rings. The van der Waals surface area contributed by atoms with Crippen molar-refractivity contribution in [2.24, 2.45) is 5.41 Å². The highest BCUT2D eigenvalue weighted by atomic mass is 16.2. The molecule has 26 heavy (non-hydrogen) atoms. The molecule has 0 unspecified atom stereocenters. The van der Waals surface area contributed by atoms with Crippen LogP contribution in [0.2, 0.25) is 0 Å². The summed E-state index contributed by atoms with van der Waals surface area (Å²) < 4.78 is 0. The number of carbonyl (C=O) groups is 1. The Morgan fingerprint density at radius 3 is 2.46 bits per heavy atom. The van der Waals surface area contributed by atoms with Gasteiger partial charge in [0.25, 0.3) is 5.91 Å². The Labute approximate surface area is 154 Å². The molecule has 2 saturated heterocycles. The third kappa shape index (κ3) is 3.60. The number of hydrogen-bond acceptors (Lipinski definition) is 5. The molecule has 0 bridgehead atoms. The summed E-state index contributed by atoms with van der Waals surface area (Å²) in [5, 5.41) is 3.45. The topological polar surface area (TPSA) is 71.0 Å². The van der Waals surface area contributed by atoms with Crippen LogP contribution >= 0.6 is 0 Å². The summed E-state index contributed by atoms with van der Waals surface area (Å²) in [6, 6.07) is 3.73. The largest absolute Gasteiger partial charge is 0.339 e. The van der Waals surface area contributed by atoms with Crippen molar-refractivity contribution in [2.45, 2.75) is 32.1 Å². The molecule has 136 valence electrons. The third-order valence-corrected chi connectivity index (χ3v) is 5.84. The fourth-order valence-corrected chi connectivity index (χ4v) is 4.19. The highest BCUT2D eigenvalue weighted by Gasteiger charge is 2.34. The summed E-state index contributed by atoms with van der Waals surface area (Å²) >= 11 is 0. The number of pyridine rings is 1. The fraction of sp³-hybridized carbons (Fsp3) is 0.500. The summed E-state index contributed by atoms with van der Waals surface area (Å²) in [5.74, 6) is 0.672. The first kappa shape index (κ1) is 17.1. The van der Waals surface area contributed by atoms with Crippen LogP contribution in [0, 0.1) is 5.41 Å². The Morgan fingerprint density at radius 1 is 1.00 bits per heavy atom. The van der Waals surface area contributed by atoms with E-state index in [1.807, 2.05) is 17.0 Å². The molecule has 2 fully saturated rings. The van der Waals surface area contributed by atoms with E-state index in [1.54, 1.807) is 24.8 Å². The van der Waals surface area contributed by atoms with Gasteiger partial charge in [0, 0.05) is 43.4 Å². The van der Waals surface area contributed by atoms with Crippen molar-refractivity contribution in [2.75, 3.05) is 26.2 Å². The molecule has 2 aliphatic heterocycles. The average Bonchev–Trinajstić information content (AvgIpc) is 2.91. The average molecular weight is 351 g/mol. The second kappa shape index (κ2) is 7.50. The predicted molar refractivity (Wildman–Crippen MR) is 99.6 cm³/mol. The van der Waals surface area contributed by atoms with Gasteiger partial charge in [-0.2, -0.15) is 0 Å². The second-order valence-electron chi connectivity index (χ2n) is 7.43. The van der Waals surface area contributed by atoms with Crippen molar-refractivity contribution < 1.29 is 4.79 Å². The van der Waals surface area contributed by atoms with Gasteiger partial charge in [0.1, 0.15) is 0 Å². The molecular formula is C20H25N5O. The van der Waals surface area contributed by atoms with Gasteiger partial charge >= 0.3 is 0 Å². The Morgan fingerprint density at radius 2 is 1.73 bits per heavy atom. The normalized spacial score (nSPS) is 19.9. The first-order chi connectivity index (χ1) is 12.8. The maximum Gasteiger partial charge on any atom is 0.256 e. The van der Waals surface area contributed by atoms with Crippen LogP contribution in [-0.2, 0) is 0 Å². The number of nitrogens with one attached hydrogen (secondary N) is 1. The Balaban J connectivity index is 1.44.